The molecule has 2 heteroatoms. The van der Waals surface area contributed by atoms with Gasteiger partial charge >= 0.3 is 5.97 Å². The zero-order chi connectivity index (χ0) is 14.8. The van der Waals surface area contributed by atoms with Crippen LogP contribution in [0.3, 0.4) is 0 Å². The summed E-state index contributed by atoms with van der Waals surface area (Å²) in [4.78, 5) is 11.6. The van der Waals surface area contributed by atoms with E-state index in [-0.39, 0.29) is 5.97 Å². The lowest BCUT2D eigenvalue weighted by molar-refractivity contribution is -0.142. The first kappa shape index (κ1) is 16.2. The van der Waals surface area contributed by atoms with Crippen LogP contribution in [0.5, 0.6) is 0 Å². The summed E-state index contributed by atoms with van der Waals surface area (Å²) >= 11 is 0. The van der Waals surface area contributed by atoms with Gasteiger partial charge in [-0.15, -0.1) is 0 Å². The Bertz CT molecular complexity index is 458. The smallest absolute Gasteiger partial charge is 0.310 e. The number of hydrogen-bond acceptors (Lipinski definition) is 2. The first-order chi connectivity index (χ1) is 9.58. The molecule has 0 bridgehead atoms. The second-order valence-electron chi connectivity index (χ2n) is 5.20. The van der Waals surface area contributed by atoms with Gasteiger partial charge in [0.05, 0.1) is 13.0 Å². The van der Waals surface area contributed by atoms with Crippen LogP contribution in [0.25, 0.3) is 0 Å². The SMILES string of the molecule is C=C(C)C/C=C(\C)CCCOC(=O)Cc1ccccc1. The van der Waals surface area contributed by atoms with Gasteiger partial charge in [0.15, 0.2) is 0 Å². The lowest BCUT2D eigenvalue weighted by atomic mass is 10.1. The second kappa shape index (κ2) is 9.13. The Balaban J connectivity index is 2.16. The molecule has 0 radical (unpaired) electrons. The molecule has 0 atom stereocenters. The fourth-order valence-electron chi connectivity index (χ4n) is 1.80. The van der Waals surface area contributed by atoms with E-state index < -0.39 is 0 Å². The van der Waals surface area contributed by atoms with Crippen molar-refractivity contribution in [2.75, 3.05) is 6.61 Å². The van der Waals surface area contributed by atoms with Gasteiger partial charge in [0.25, 0.3) is 0 Å². The minimum Gasteiger partial charge on any atom is -0.465 e. The largest absolute Gasteiger partial charge is 0.465 e. The third-order valence-electron chi connectivity index (χ3n) is 2.97. The molecule has 0 heterocycles. The van der Waals surface area contributed by atoms with E-state index >= 15 is 0 Å². The average molecular weight is 272 g/mol. The Hall–Kier alpha value is -1.83. The zero-order valence-electron chi connectivity index (χ0n) is 12.5. The maximum atomic E-state index is 11.6. The lowest BCUT2D eigenvalue weighted by Crippen LogP contribution is -2.09. The molecule has 0 unspecified atom stereocenters. The van der Waals surface area contributed by atoms with Gasteiger partial charge in [-0.3, -0.25) is 4.79 Å². The van der Waals surface area contributed by atoms with Gasteiger partial charge in [-0.25, -0.2) is 0 Å². The van der Waals surface area contributed by atoms with E-state index in [1.807, 2.05) is 37.3 Å². The highest BCUT2D eigenvalue weighted by molar-refractivity contribution is 5.72. The van der Waals surface area contributed by atoms with Gasteiger partial charge in [0.2, 0.25) is 0 Å². The van der Waals surface area contributed by atoms with E-state index in [1.54, 1.807) is 0 Å². The maximum Gasteiger partial charge on any atom is 0.310 e. The molecule has 0 aliphatic rings. The number of ether oxygens (including phenoxy) is 1. The van der Waals surface area contributed by atoms with E-state index in [0.29, 0.717) is 13.0 Å². The van der Waals surface area contributed by atoms with Crippen molar-refractivity contribution in [1.82, 2.24) is 0 Å². The molecular weight excluding hydrogens is 248 g/mol. The number of allylic oxidation sites excluding steroid dienone is 3. The maximum absolute atomic E-state index is 11.6. The Morgan fingerprint density at radius 2 is 1.95 bits per heavy atom. The third kappa shape index (κ3) is 7.57. The highest BCUT2D eigenvalue weighted by Gasteiger charge is 2.03. The summed E-state index contributed by atoms with van der Waals surface area (Å²) < 4.78 is 5.24. The molecule has 1 aromatic rings. The second-order valence-corrected chi connectivity index (χ2v) is 5.20. The number of carbonyl (C=O) groups excluding carboxylic acids is 1. The van der Waals surface area contributed by atoms with Crippen molar-refractivity contribution in [3.8, 4) is 0 Å². The molecule has 0 aliphatic carbocycles. The van der Waals surface area contributed by atoms with Crippen molar-refractivity contribution in [3.63, 3.8) is 0 Å². The summed E-state index contributed by atoms with van der Waals surface area (Å²) in [6.07, 6.45) is 5.31. The quantitative estimate of drug-likeness (QED) is 0.396. The normalized spacial score (nSPS) is 11.2. The fourth-order valence-corrected chi connectivity index (χ4v) is 1.80. The lowest BCUT2D eigenvalue weighted by Gasteiger charge is -2.05. The van der Waals surface area contributed by atoms with Crippen LogP contribution < -0.4 is 0 Å². The molecule has 1 rings (SSSR count). The summed E-state index contributed by atoms with van der Waals surface area (Å²) in [5.74, 6) is -0.153. The van der Waals surface area contributed by atoms with Gasteiger partial charge < -0.3 is 4.74 Å². The molecule has 0 N–H and O–H groups in total. The van der Waals surface area contributed by atoms with E-state index in [9.17, 15) is 4.79 Å². The molecule has 0 saturated heterocycles. The standard InChI is InChI=1S/C18H24O2/c1-15(2)11-12-16(3)8-7-13-20-18(19)14-17-9-5-4-6-10-17/h4-6,9-10,12H,1,7-8,11,13-14H2,2-3H3/b16-12+. The van der Waals surface area contributed by atoms with Crippen LogP contribution in [-0.4, -0.2) is 12.6 Å². The minimum atomic E-state index is -0.153. The van der Waals surface area contributed by atoms with Crippen LogP contribution in [-0.2, 0) is 16.0 Å². The number of hydrogen-bond donors (Lipinski definition) is 0. The number of carbonyl (C=O) groups is 1. The number of rotatable bonds is 8. The van der Waals surface area contributed by atoms with Crippen molar-refractivity contribution in [2.45, 2.75) is 39.5 Å². The zero-order valence-corrected chi connectivity index (χ0v) is 12.5. The molecule has 0 aromatic heterocycles. The van der Waals surface area contributed by atoms with Gasteiger partial charge in [-0.1, -0.05) is 54.1 Å². The third-order valence-corrected chi connectivity index (χ3v) is 2.97. The van der Waals surface area contributed by atoms with Crippen LogP contribution >= 0.6 is 0 Å². The number of benzene rings is 1. The van der Waals surface area contributed by atoms with Crippen LogP contribution in [0.4, 0.5) is 0 Å². The summed E-state index contributed by atoms with van der Waals surface area (Å²) in [5, 5.41) is 0. The fraction of sp³-hybridized carbons (Fsp3) is 0.389. The molecule has 20 heavy (non-hydrogen) atoms. The number of esters is 1. The van der Waals surface area contributed by atoms with Crippen LogP contribution in [0, 0.1) is 0 Å². The van der Waals surface area contributed by atoms with Gasteiger partial charge in [0.1, 0.15) is 0 Å². The molecule has 0 saturated carbocycles. The predicted molar refractivity (Wildman–Crippen MR) is 83.5 cm³/mol. The molecule has 0 fully saturated rings. The molecule has 108 valence electrons. The van der Waals surface area contributed by atoms with E-state index in [4.69, 9.17) is 4.74 Å². The van der Waals surface area contributed by atoms with Gasteiger partial charge in [0, 0.05) is 0 Å². The first-order valence-electron chi connectivity index (χ1n) is 7.07. The molecule has 2 nitrogen and oxygen atoms in total. The predicted octanol–water partition coefficient (Wildman–Crippen LogP) is 4.47. The molecule has 1 aromatic carbocycles. The molecule has 0 amide bonds. The van der Waals surface area contributed by atoms with E-state index in [1.165, 1.54) is 11.1 Å². The topological polar surface area (TPSA) is 26.3 Å². The van der Waals surface area contributed by atoms with Crippen molar-refractivity contribution >= 4 is 5.97 Å². The highest BCUT2D eigenvalue weighted by atomic mass is 16.5. The Kier molecular flexibility index (Phi) is 7.41. The van der Waals surface area contributed by atoms with E-state index in [0.717, 1.165) is 24.8 Å². The summed E-state index contributed by atoms with van der Waals surface area (Å²) in [6, 6.07) is 9.67. The van der Waals surface area contributed by atoms with Crippen molar-refractivity contribution in [2.24, 2.45) is 0 Å². The van der Waals surface area contributed by atoms with E-state index in [2.05, 4.69) is 19.6 Å². The Morgan fingerprint density at radius 3 is 2.60 bits per heavy atom. The average Bonchev–Trinajstić information content (AvgIpc) is 2.42. The van der Waals surface area contributed by atoms with Crippen LogP contribution in [0.2, 0.25) is 0 Å². The minimum absolute atomic E-state index is 0.153. The summed E-state index contributed by atoms with van der Waals surface area (Å²) in [5.41, 5.74) is 3.49. The molecule has 0 aliphatic heterocycles. The molecule has 0 spiro atoms. The van der Waals surface area contributed by atoms with Crippen LogP contribution in [0.1, 0.15) is 38.7 Å². The summed E-state index contributed by atoms with van der Waals surface area (Å²) in [7, 11) is 0. The Labute approximate surface area is 122 Å². The van der Waals surface area contributed by atoms with Gasteiger partial charge in [-0.05, 0) is 38.7 Å². The molecular formula is C18H24O2. The van der Waals surface area contributed by atoms with Crippen molar-refractivity contribution in [1.29, 1.82) is 0 Å². The van der Waals surface area contributed by atoms with Crippen LogP contribution in [0.15, 0.2) is 54.1 Å². The first-order valence-corrected chi connectivity index (χ1v) is 7.07. The highest BCUT2D eigenvalue weighted by Crippen LogP contribution is 2.08. The summed E-state index contributed by atoms with van der Waals surface area (Å²) in [6.45, 7) is 8.49. The van der Waals surface area contributed by atoms with Crippen molar-refractivity contribution < 1.29 is 9.53 Å². The Morgan fingerprint density at radius 1 is 1.25 bits per heavy atom. The monoisotopic (exact) mass is 272 g/mol. The van der Waals surface area contributed by atoms with Crippen molar-refractivity contribution in [3.05, 3.63) is 59.7 Å². The van der Waals surface area contributed by atoms with Gasteiger partial charge in [-0.2, -0.15) is 0 Å².